The molecule has 0 heterocycles. The predicted octanol–water partition coefficient (Wildman–Crippen LogP) is 0.867. The maximum atomic E-state index is 11.8. The van der Waals surface area contributed by atoms with Crippen LogP contribution >= 0.6 is 22.6 Å². The van der Waals surface area contributed by atoms with Gasteiger partial charge in [-0.2, -0.15) is 0 Å². The standard InChI is InChI=1S/C10H13IN2O3S/c1-6-7(11)4-5-8(17(15,16)13-3)9(6)10(14)12-2/h4-5,13H,1-3H3,(H,12,14). The molecule has 0 bridgehead atoms. The average Bonchev–Trinajstić information content (AvgIpc) is 2.31. The molecule has 0 aliphatic heterocycles. The summed E-state index contributed by atoms with van der Waals surface area (Å²) >= 11 is 2.06. The van der Waals surface area contributed by atoms with Gasteiger partial charge in [0.15, 0.2) is 0 Å². The third-order valence-electron chi connectivity index (χ3n) is 2.37. The van der Waals surface area contributed by atoms with Gasteiger partial charge < -0.3 is 5.32 Å². The lowest BCUT2D eigenvalue weighted by Gasteiger charge is -2.12. The number of rotatable bonds is 3. The number of carbonyl (C=O) groups excluding carboxylic acids is 1. The van der Waals surface area contributed by atoms with Gasteiger partial charge in [-0.1, -0.05) is 0 Å². The van der Waals surface area contributed by atoms with Crippen molar-refractivity contribution in [2.75, 3.05) is 14.1 Å². The van der Waals surface area contributed by atoms with E-state index in [4.69, 9.17) is 0 Å². The van der Waals surface area contributed by atoms with Crippen LogP contribution in [-0.2, 0) is 10.0 Å². The van der Waals surface area contributed by atoms with Crippen molar-refractivity contribution in [3.8, 4) is 0 Å². The Labute approximate surface area is 114 Å². The van der Waals surface area contributed by atoms with Crippen LogP contribution in [0.25, 0.3) is 0 Å². The second-order valence-corrected chi connectivity index (χ2v) is 6.35. The zero-order chi connectivity index (χ0) is 13.2. The van der Waals surface area contributed by atoms with Gasteiger partial charge in [0.1, 0.15) is 0 Å². The second-order valence-electron chi connectivity index (χ2n) is 3.33. The Morgan fingerprint density at radius 1 is 1.29 bits per heavy atom. The topological polar surface area (TPSA) is 75.3 Å². The molecule has 0 aromatic heterocycles. The lowest BCUT2D eigenvalue weighted by molar-refractivity contribution is 0.0959. The Hall–Kier alpha value is -0.670. The van der Waals surface area contributed by atoms with Crippen LogP contribution in [0.2, 0.25) is 0 Å². The maximum absolute atomic E-state index is 11.8. The summed E-state index contributed by atoms with van der Waals surface area (Å²) < 4.78 is 26.7. The molecular formula is C10H13IN2O3S. The van der Waals surface area contributed by atoms with Crippen molar-refractivity contribution in [3.63, 3.8) is 0 Å². The normalized spacial score (nSPS) is 11.3. The van der Waals surface area contributed by atoms with Crippen molar-refractivity contribution in [1.82, 2.24) is 10.0 Å². The zero-order valence-electron chi connectivity index (χ0n) is 9.67. The third kappa shape index (κ3) is 2.78. The fraction of sp³-hybridized carbons (Fsp3) is 0.300. The molecule has 17 heavy (non-hydrogen) atoms. The van der Waals surface area contributed by atoms with E-state index in [2.05, 4.69) is 32.6 Å². The number of hydrogen-bond donors (Lipinski definition) is 2. The summed E-state index contributed by atoms with van der Waals surface area (Å²) in [7, 11) is -0.852. The van der Waals surface area contributed by atoms with E-state index in [0.717, 1.165) is 3.57 Å². The molecule has 0 fully saturated rings. The van der Waals surface area contributed by atoms with Gasteiger partial charge in [0.25, 0.3) is 5.91 Å². The van der Waals surface area contributed by atoms with E-state index in [1.807, 2.05) is 0 Å². The van der Waals surface area contributed by atoms with Gasteiger partial charge in [0, 0.05) is 10.6 Å². The first-order valence-electron chi connectivity index (χ1n) is 4.80. The van der Waals surface area contributed by atoms with E-state index < -0.39 is 15.9 Å². The molecule has 0 aliphatic rings. The first kappa shape index (κ1) is 14.4. The number of benzene rings is 1. The van der Waals surface area contributed by atoms with Crippen LogP contribution in [0, 0.1) is 10.5 Å². The first-order chi connectivity index (χ1) is 7.85. The summed E-state index contributed by atoms with van der Waals surface area (Å²) in [4.78, 5) is 11.8. The third-order valence-corrected chi connectivity index (χ3v) is 5.00. The number of amides is 1. The molecule has 0 saturated carbocycles. The molecule has 0 saturated heterocycles. The fourth-order valence-electron chi connectivity index (χ4n) is 1.40. The highest BCUT2D eigenvalue weighted by Gasteiger charge is 2.23. The molecule has 0 aliphatic carbocycles. The van der Waals surface area contributed by atoms with E-state index in [9.17, 15) is 13.2 Å². The van der Waals surface area contributed by atoms with Crippen LogP contribution in [0.5, 0.6) is 0 Å². The molecular weight excluding hydrogens is 355 g/mol. The SMILES string of the molecule is CNC(=O)c1c(S(=O)(=O)NC)ccc(I)c1C. The Balaban J connectivity index is 3.63. The molecule has 0 spiro atoms. The number of sulfonamides is 1. The Bertz CT molecular complexity index is 555. The van der Waals surface area contributed by atoms with Crippen LogP contribution in [0.1, 0.15) is 15.9 Å². The van der Waals surface area contributed by atoms with Crippen molar-refractivity contribution >= 4 is 38.5 Å². The average molecular weight is 368 g/mol. The zero-order valence-corrected chi connectivity index (χ0v) is 12.6. The highest BCUT2D eigenvalue weighted by Crippen LogP contribution is 2.23. The molecule has 2 N–H and O–H groups in total. The monoisotopic (exact) mass is 368 g/mol. The lowest BCUT2D eigenvalue weighted by atomic mass is 10.1. The number of hydrogen-bond acceptors (Lipinski definition) is 3. The van der Waals surface area contributed by atoms with Crippen LogP contribution < -0.4 is 10.0 Å². The predicted molar refractivity (Wildman–Crippen MR) is 73.5 cm³/mol. The van der Waals surface area contributed by atoms with Gasteiger partial charge in [-0.25, -0.2) is 13.1 Å². The Morgan fingerprint density at radius 2 is 1.88 bits per heavy atom. The van der Waals surface area contributed by atoms with Gasteiger partial charge in [-0.15, -0.1) is 0 Å². The van der Waals surface area contributed by atoms with Gasteiger partial charge in [0.2, 0.25) is 10.0 Å². The molecule has 0 unspecified atom stereocenters. The summed E-state index contributed by atoms with van der Waals surface area (Å²) in [6, 6.07) is 3.11. The molecule has 7 heteroatoms. The van der Waals surface area contributed by atoms with Crippen LogP contribution in [-0.4, -0.2) is 28.4 Å². The fourth-order valence-corrected chi connectivity index (χ4v) is 2.83. The minimum absolute atomic E-state index is 0.00253. The first-order valence-corrected chi connectivity index (χ1v) is 7.36. The molecule has 1 amide bonds. The molecule has 5 nitrogen and oxygen atoms in total. The maximum Gasteiger partial charge on any atom is 0.252 e. The molecule has 94 valence electrons. The van der Waals surface area contributed by atoms with Gasteiger partial charge in [-0.3, -0.25) is 4.79 Å². The number of nitrogens with one attached hydrogen (secondary N) is 2. The molecule has 1 rings (SSSR count). The minimum Gasteiger partial charge on any atom is -0.355 e. The van der Waals surface area contributed by atoms with Crippen LogP contribution in [0.4, 0.5) is 0 Å². The number of carbonyl (C=O) groups is 1. The van der Waals surface area contributed by atoms with E-state index in [0.29, 0.717) is 5.56 Å². The number of halogens is 1. The summed E-state index contributed by atoms with van der Waals surface area (Å²) in [5.74, 6) is -0.408. The van der Waals surface area contributed by atoms with Gasteiger partial charge >= 0.3 is 0 Å². The summed E-state index contributed by atoms with van der Waals surface area (Å²) in [6.45, 7) is 1.72. The summed E-state index contributed by atoms with van der Waals surface area (Å²) in [5.41, 5.74) is 0.843. The highest BCUT2D eigenvalue weighted by atomic mass is 127. The molecule has 0 atom stereocenters. The highest BCUT2D eigenvalue weighted by molar-refractivity contribution is 14.1. The van der Waals surface area contributed by atoms with Crippen molar-refractivity contribution in [3.05, 3.63) is 26.8 Å². The quantitative estimate of drug-likeness (QED) is 0.778. The van der Waals surface area contributed by atoms with E-state index in [-0.39, 0.29) is 10.5 Å². The van der Waals surface area contributed by atoms with E-state index in [1.54, 1.807) is 13.0 Å². The van der Waals surface area contributed by atoms with Crippen molar-refractivity contribution in [1.29, 1.82) is 0 Å². The van der Waals surface area contributed by atoms with Crippen molar-refractivity contribution in [2.24, 2.45) is 0 Å². The minimum atomic E-state index is -3.64. The van der Waals surface area contributed by atoms with E-state index in [1.165, 1.54) is 20.2 Å². The smallest absolute Gasteiger partial charge is 0.252 e. The van der Waals surface area contributed by atoms with Gasteiger partial charge in [-0.05, 0) is 54.3 Å². The van der Waals surface area contributed by atoms with Gasteiger partial charge in [0.05, 0.1) is 10.5 Å². The summed E-state index contributed by atoms with van der Waals surface area (Å²) in [5, 5.41) is 2.45. The lowest BCUT2D eigenvalue weighted by Crippen LogP contribution is -2.26. The van der Waals surface area contributed by atoms with Crippen LogP contribution in [0.15, 0.2) is 17.0 Å². The van der Waals surface area contributed by atoms with E-state index >= 15 is 0 Å². The summed E-state index contributed by atoms with van der Waals surface area (Å²) in [6.07, 6.45) is 0. The molecule has 1 aromatic rings. The van der Waals surface area contributed by atoms with Crippen molar-refractivity contribution < 1.29 is 13.2 Å². The Kier molecular flexibility index (Phi) is 4.50. The van der Waals surface area contributed by atoms with Crippen molar-refractivity contribution in [2.45, 2.75) is 11.8 Å². The largest absolute Gasteiger partial charge is 0.355 e. The molecule has 1 aromatic carbocycles. The van der Waals surface area contributed by atoms with Crippen LogP contribution in [0.3, 0.4) is 0 Å². The molecule has 0 radical (unpaired) electrons. The second kappa shape index (κ2) is 5.32. The Morgan fingerprint density at radius 3 is 2.35 bits per heavy atom.